The minimum absolute atomic E-state index is 0.137. The van der Waals surface area contributed by atoms with Gasteiger partial charge in [-0.3, -0.25) is 10.1 Å². The highest BCUT2D eigenvalue weighted by molar-refractivity contribution is 7.99. The monoisotopic (exact) mass is 321 g/mol. The number of urea groups is 1. The van der Waals surface area contributed by atoms with E-state index < -0.39 is 6.03 Å². The maximum atomic E-state index is 11.8. The maximum Gasteiger partial charge on any atom is 0.321 e. The van der Waals surface area contributed by atoms with Gasteiger partial charge in [-0.1, -0.05) is 17.8 Å². The van der Waals surface area contributed by atoms with Gasteiger partial charge in [0.25, 0.3) is 0 Å². The van der Waals surface area contributed by atoms with Crippen molar-refractivity contribution < 1.29 is 9.59 Å². The molecule has 2 aliphatic carbocycles. The molecule has 22 heavy (non-hydrogen) atoms. The molecule has 2 aliphatic rings. The molecule has 0 atom stereocenters. The molecule has 2 fully saturated rings. The number of rotatable bonds is 7. The number of allylic oxidation sites excluding steroid dienone is 1. The molecule has 8 heteroatoms. The van der Waals surface area contributed by atoms with Crippen LogP contribution in [0.4, 0.5) is 4.79 Å². The van der Waals surface area contributed by atoms with Crippen molar-refractivity contribution in [1.82, 2.24) is 25.4 Å². The van der Waals surface area contributed by atoms with Crippen molar-refractivity contribution in [3.63, 3.8) is 0 Å². The van der Waals surface area contributed by atoms with Crippen LogP contribution in [-0.4, -0.2) is 38.5 Å². The van der Waals surface area contributed by atoms with E-state index in [-0.39, 0.29) is 17.7 Å². The van der Waals surface area contributed by atoms with E-state index in [2.05, 4.69) is 27.4 Å². The van der Waals surface area contributed by atoms with Crippen molar-refractivity contribution in [2.24, 2.45) is 0 Å². The normalized spacial score (nSPS) is 17.1. The summed E-state index contributed by atoms with van der Waals surface area (Å²) in [6, 6.07) is -0.184. The molecule has 0 unspecified atom stereocenters. The Kier molecular flexibility index (Phi) is 4.47. The molecule has 2 N–H and O–H groups in total. The van der Waals surface area contributed by atoms with Crippen LogP contribution in [0.3, 0.4) is 0 Å². The highest BCUT2D eigenvalue weighted by Crippen LogP contribution is 2.40. The number of nitrogens with one attached hydrogen (secondary N) is 2. The van der Waals surface area contributed by atoms with Gasteiger partial charge in [-0.05, 0) is 25.7 Å². The van der Waals surface area contributed by atoms with E-state index in [1.54, 1.807) is 6.08 Å². The summed E-state index contributed by atoms with van der Waals surface area (Å²) in [5, 5.41) is 14.1. The van der Waals surface area contributed by atoms with Crippen molar-refractivity contribution in [2.45, 2.75) is 49.3 Å². The second-order valence-electron chi connectivity index (χ2n) is 5.60. The third-order valence-corrected chi connectivity index (χ3v) is 4.46. The van der Waals surface area contributed by atoms with E-state index in [1.807, 2.05) is 4.57 Å². The van der Waals surface area contributed by atoms with E-state index >= 15 is 0 Å². The number of nitrogens with zero attached hydrogens (tertiary/aromatic N) is 3. The van der Waals surface area contributed by atoms with Gasteiger partial charge < -0.3 is 9.88 Å². The zero-order valence-corrected chi connectivity index (χ0v) is 13.1. The fourth-order valence-electron chi connectivity index (χ4n) is 2.09. The average molecular weight is 321 g/mol. The van der Waals surface area contributed by atoms with Crippen LogP contribution in [-0.2, 0) is 11.3 Å². The fraction of sp³-hybridized carbons (Fsp3) is 0.571. The largest absolute Gasteiger partial charge is 0.335 e. The van der Waals surface area contributed by atoms with Gasteiger partial charge in [-0.15, -0.1) is 16.8 Å². The van der Waals surface area contributed by atoms with Gasteiger partial charge in [-0.2, -0.15) is 0 Å². The number of aromatic nitrogens is 3. The van der Waals surface area contributed by atoms with E-state index in [0.29, 0.717) is 17.6 Å². The topological polar surface area (TPSA) is 88.9 Å². The molecule has 0 spiro atoms. The number of hydrogen-bond acceptors (Lipinski definition) is 5. The first-order valence-electron chi connectivity index (χ1n) is 7.44. The molecule has 1 aromatic heterocycles. The summed E-state index contributed by atoms with van der Waals surface area (Å²) in [6.45, 7) is 4.38. The predicted octanol–water partition coefficient (Wildman–Crippen LogP) is 1.42. The van der Waals surface area contributed by atoms with Gasteiger partial charge >= 0.3 is 6.03 Å². The molecule has 1 aromatic rings. The van der Waals surface area contributed by atoms with Crippen LogP contribution in [0, 0.1) is 0 Å². The molecule has 0 aromatic carbocycles. The van der Waals surface area contributed by atoms with Gasteiger partial charge in [-0.25, -0.2) is 4.79 Å². The van der Waals surface area contributed by atoms with E-state index in [9.17, 15) is 9.59 Å². The van der Waals surface area contributed by atoms with Crippen LogP contribution in [0.5, 0.6) is 0 Å². The summed E-state index contributed by atoms with van der Waals surface area (Å²) in [7, 11) is 0. The Morgan fingerprint density at radius 1 is 1.32 bits per heavy atom. The Hall–Kier alpha value is -1.83. The molecule has 0 radical (unpaired) electrons. The lowest BCUT2D eigenvalue weighted by Crippen LogP contribution is -2.41. The highest BCUT2D eigenvalue weighted by Gasteiger charge is 2.30. The summed E-state index contributed by atoms with van der Waals surface area (Å²) >= 11 is 1.29. The molecule has 3 amide bonds. The van der Waals surface area contributed by atoms with Crippen LogP contribution in [0.2, 0.25) is 0 Å². The minimum Gasteiger partial charge on any atom is -0.335 e. The lowest BCUT2D eigenvalue weighted by Gasteiger charge is -2.07. The SMILES string of the molecule is C=CCn1c(SCC(=O)NC(=O)NC2CC2)nnc1C1CC1. The number of thioether (sulfide) groups is 1. The fourth-order valence-corrected chi connectivity index (χ4v) is 2.85. The van der Waals surface area contributed by atoms with Gasteiger partial charge in [0.1, 0.15) is 5.82 Å². The van der Waals surface area contributed by atoms with Gasteiger partial charge in [0.15, 0.2) is 5.16 Å². The summed E-state index contributed by atoms with van der Waals surface area (Å²) in [6.07, 6.45) is 6.06. The Labute approximate surface area is 132 Å². The summed E-state index contributed by atoms with van der Waals surface area (Å²) in [5.41, 5.74) is 0. The van der Waals surface area contributed by atoms with Crippen LogP contribution < -0.4 is 10.6 Å². The first kappa shape index (κ1) is 15.1. The first-order chi connectivity index (χ1) is 10.7. The summed E-state index contributed by atoms with van der Waals surface area (Å²) < 4.78 is 1.99. The molecular formula is C14H19N5O2S. The number of carbonyl (C=O) groups is 2. The van der Waals surface area contributed by atoms with Crippen molar-refractivity contribution in [1.29, 1.82) is 0 Å². The molecule has 0 aliphatic heterocycles. The van der Waals surface area contributed by atoms with Crippen LogP contribution in [0.1, 0.15) is 37.4 Å². The van der Waals surface area contributed by atoms with E-state index in [0.717, 1.165) is 31.5 Å². The van der Waals surface area contributed by atoms with Crippen molar-refractivity contribution >= 4 is 23.7 Å². The molecule has 1 heterocycles. The van der Waals surface area contributed by atoms with E-state index in [1.165, 1.54) is 11.8 Å². The Morgan fingerprint density at radius 3 is 2.73 bits per heavy atom. The molecule has 7 nitrogen and oxygen atoms in total. The smallest absolute Gasteiger partial charge is 0.321 e. The van der Waals surface area contributed by atoms with Gasteiger partial charge in [0.2, 0.25) is 5.91 Å². The third kappa shape index (κ3) is 3.88. The standard InChI is InChI=1S/C14H19N5O2S/c1-2-7-19-12(9-3-4-9)17-18-14(19)22-8-11(20)16-13(21)15-10-5-6-10/h2,9-10H,1,3-8H2,(H2,15,16,20,21). The zero-order chi connectivity index (χ0) is 15.5. The first-order valence-corrected chi connectivity index (χ1v) is 8.43. The predicted molar refractivity (Wildman–Crippen MR) is 82.6 cm³/mol. The lowest BCUT2D eigenvalue weighted by atomic mass is 10.4. The highest BCUT2D eigenvalue weighted by atomic mass is 32.2. The van der Waals surface area contributed by atoms with E-state index in [4.69, 9.17) is 0 Å². The quantitative estimate of drug-likeness (QED) is 0.586. The molecular weight excluding hydrogens is 302 g/mol. The molecule has 0 saturated heterocycles. The van der Waals surface area contributed by atoms with Crippen molar-refractivity contribution in [3.8, 4) is 0 Å². The molecule has 0 bridgehead atoms. The second-order valence-corrected chi connectivity index (χ2v) is 6.54. The number of imide groups is 1. The number of hydrogen-bond donors (Lipinski definition) is 2. The lowest BCUT2D eigenvalue weighted by molar-refractivity contribution is -0.117. The molecule has 3 rings (SSSR count). The maximum absolute atomic E-state index is 11.8. The zero-order valence-electron chi connectivity index (χ0n) is 12.2. The Morgan fingerprint density at radius 2 is 2.09 bits per heavy atom. The second kappa shape index (κ2) is 6.51. The molecule has 118 valence electrons. The van der Waals surface area contributed by atoms with Crippen molar-refractivity contribution in [3.05, 3.63) is 18.5 Å². The van der Waals surface area contributed by atoms with Gasteiger partial charge in [0, 0.05) is 18.5 Å². The number of amides is 3. The Bertz CT molecular complexity index is 592. The van der Waals surface area contributed by atoms with Gasteiger partial charge in [0.05, 0.1) is 5.75 Å². The van der Waals surface area contributed by atoms with Crippen LogP contribution in [0.25, 0.3) is 0 Å². The molecule has 2 saturated carbocycles. The van der Waals surface area contributed by atoms with Crippen LogP contribution in [0.15, 0.2) is 17.8 Å². The van der Waals surface area contributed by atoms with Crippen molar-refractivity contribution in [2.75, 3.05) is 5.75 Å². The van der Waals surface area contributed by atoms with Crippen LogP contribution >= 0.6 is 11.8 Å². The summed E-state index contributed by atoms with van der Waals surface area (Å²) in [5.74, 6) is 1.26. The minimum atomic E-state index is -0.417. The third-order valence-electron chi connectivity index (χ3n) is 3.50. The number of carbonyl (C=O) groups excluding carboxylic acids is 2. The Balaban J connectivity index is 1.52. The summed E-state index contributed by atoms with van der Waals surface area (Å²) in [4.78, 5) is 23.3. The average Bonchev–Trinajstić information content (AvgIpc) is 3.39.